The normalized spacial score (nSPS) is 12.5. The Hall–Kier alpha value is -1.55. The Balaban J connectivity index is 2.78. The highest BCUT2D eigenvalue weighted by Crippen LogP contribution is 2.18. The summed E-state index contributed by atoms with van der Waals surface area (Å²) in [4.78, 5) is 14.2. The number of hydrogen-bond acceptors (Lipinski definition) is 3. The number of nitrogens with one attached hydrogen (secondary N) is 1. The molecule has 1 unspecified atom stereocenters. The van der Waals surface area contributed by atoms with Crippen LogP contribution in [0.3, 0.4) is 0 Å². The predicted octanol–water partition coefficient (Wildman–Crippen LogP) is 2.25. The maximum atomic E-state index is 12.1. The minimum atomic E-state index is -0.138. The summed E-state index contributed by atoms with van der Waals surface area (Å²) in [6.45, 7) is 9.71. The van der Waals surface area contributed by atoms with Gasteiger partial charge in [0.2, 0.25) is 5.91 Å². The van der Waals surface area contributed by atoms with E-state index in [1.165, 1.54) is 0 Å². The lowest BCUT2D eigenvalue weighted by molar-refractivity contribution is -0.120. The molecule has 1 aromatic rings. The number of amides is 1. The fourth-order valence-electron chi connectivity index (χ4n) is 1.95. The van der Waals surface area contributed by atoms with Crippen molar-refractivity contribution >= 4 is 17.3 Å². The van der Waals surface area contributed by atoms with Gasteiger partial charge in [-0.1, -0.05) is 19.9 Å². The molecule has 0 aliphatic carbocycles. The molecule has 4 heteroatoms. The Morgan fingerprint density at radius 2 is 2.00 bits per heavy atom. The number of hydrogen-bond donors (Lipinski definition) is 2. The van der Waals surface area contributed by atoms with Crippen molar-refractivity contribution in [2.24, 2.45) is 0 Å². The summed E-state index contributed by atoms with van der Waals surface area (Å²) in [5.41, 5.74) is 8.20. The number of nitrogens with two attached hydrogens (primary N) is 1. The van der Waals surface area contributed by atoms with Gasteiger partial charge in [-0.2, -0.15) is 0 Å². The van der Waals surface area contributed by atoms with Crippen molar-refractivity contribution in [1.29, 1.82) is 0 Å². The maximum Gasteiger partial charge on any atom is 0.241 e. The van der Waals surface area contributed by atoms with Gasteiger partial charge in [0.25, 0.3) is 0 Å². The van der Waals surface area contributed by atoms with Crippen molar-refractivity contribution in [1.82, 2.24) is 4.90 Å². The van der Waals surface area contributed by atoms with E-state index >= 15 is 0 Å². The Bertz CT molecular complexity index is 414. The van der Waals surface area contributed by atoms with Gasteiger partial charge in [0.05, 0.1) is 6.04 Å². The van der Waals surface area contributed by atoms with E-state index in [1.54, 1.807) is 6.07 Å². The van der Waals surface area contributed by atoms with Gasteiger partial charge in [0.1, 0.15) is 0 Å². The van der Waals surface area contributed by atoms with Gasteiger partial charge < -0.3 is 11.1 Å². The standard InChI is InChI=1S/C14H23N3O/c1-5-17(6-2)11(4)14(18)16-13-9-12(15)8-7-10(13)3/h7-9,11H,5-6,15H2,1-4H3,(H,16,18). The first-order chi connectivity index (χ1) is 8.49. The van der Waals surface area contributed by atoms with Crippen LogP contribution in [-0.4, -0.2) is 29.9 Å². The number of rotatable bonds is 5. The lowest BCUT2D eigenvalue weighted by atomic mass is 10.1. The average Bonchev–Trinajstić information content (AvgIpc) is 2.35. The van der Waals surface area contributed by atoms with Crippen LogP contribution in [0, 0.1) is 6.92 Å². The van der Waals surface area contributed by atoms with Crippen LogP contribution in [0.4, 0.5) is 11.4 Å². The van der Waals surface area contributed by atoms with Crippen molar-refractivity contribution in [2.75, 3.05) is 24.1 Å². The van der Waals surface area contributed by atoms with E-state index in [-0.39, 0.29) is 11.9 Å². The number of carbonyl (C=O) groups is 1. The van der Waals surface area contributed by atoms with Gasteiger partial charge in [0.15, 0.2) is 0 Å². The fraction of sp³-hybridized carbons (Fsp3) is 0.500. The highest BCUT2D eigenvalue weighted by molar-refractivity contribution is 5.95. The summed E-state index contributed by atoms with van der Waals surface area (Å²) in [5.74, 6) is 0.00685. The second-order valence-electron chi connectivity index (χ2n) is 4.46. The Labute approximate surface area is 109 Å². The lowest BCUT2D eigenvalue weighted by Crippen LogP contribution is -2.41. The smallest absolute Gasteiger partial charge is 0.241 e. The molecule has 0 aliphatic heterocycles. The van der Waals surface area contributed by atoms with Crippen molar-refractivity contribution in [3.05, 3.63) is 23.8 Å². The van der Waals surface area contributed by atoms with Crippen LogP contribution in [0.1, 0.15) is 26.3 Å². The molecule has 3 N–H and O–H groups in total. The quantitative estimate of drug-likeness (QED) is 0.787. The zero-order valence-corrected chi connectivity index (χ0v) is 11.7. The van der Waals surface area contributed by atoms with Crippen LogP contribution in [0.15, 0.2) is 18.2 Å². The molecule has 0 bridgehead atoms. The maximum absolute atomic E-state index is 12.1. The Kier molecular flexibility index (Phi) is 5.16. The number of benzene rings is 1. The molecule has 0 heterocycles. The summed E-state index contributed by atoms with van der Waals surface area (Å²) < 4.78 is 0. The van der Waals surface area contributed by atoms with E-state index in [9.17, 15) is 4.79 Å². The van der Waals surface area contributed by atoms with Crippen LogP contribution in [0.25, 0.3) is 0 Å². The SMILES string of the molecule is CCN(CC)C(C)C(=O)Nc1cc(N)ccc1C. The second-order valence-corrected chi connectivity index (χ2v) is 4.46. The van der Waals surface area contributed by atoms with Gasteiger partial charge in [-0.3, -0.25) is 9.69 Å². The third-order valence-electron chi connectivity index (χ3n) is 3.26. The van der Waals surface area contributed by atoms with E-state index in [4.69, 9.17) is 5.73 Å². The lowest BCUT2D eigenvalue weighted by Gasteiger charge is -2.25. The minimum absolute atomic E-state index is 0.00685. The number of carbonyl (C=O) groups excluding carboxylic acids is 1. The predicted molar refractivity (Wildman–Crippen MR) is 76.6 cm³/mol. The Morgan fingerprint density at radius 3 is 2.56 bits per heavy atom. The summed E-state index contributed by atoms with van der Waals surface area (Å²) >= 11 is 0. The third kappa shape index (κ3) is 3.47. The number of nitrogens with zero attached hydrogens (tertiary/aromatic N) is 1. The molecule has 0 saturated heterocycles. The molecule has 0 fully saturated rings. The van der Waals surface area contributed by atoms with Crippen LogP contribution in [0.2, 0.25) is 0 Å². The first-order valence-electron chi connectivity index (χ1n) is 6.40. The molecule has 0 aliphatic rings. The monoisotopic (exact) mass is 249 g/mol. The fourth-order valence-corrected chi connectivity index (χ4v) is 1.95. The largest absolute Gasteiger partial charge is 0.399 e. The highest BCUT2D eigenvalue weighted by atomic mass is 16.2. The molecule has 1 atom stereocenters. The molecule has 0 radical (unpaired) electrons. The van der Waals surface area contributed by atoms with Crippen LogP contribution >= 0.6 is 0 Å². The molecule has 4 nitrogen and oxygen atoms in total. The van der Waals surface area contributed by atoms with Crippen molar-refractivity contribution in [3.8, 4) is 0 Å². The van der Waals surface area contributed by atoms with E-state index in [0.717, 1.165) is 24.3 Å². The molecule has 0 aromatic heterocycles. The van der Waals surface area contributed by atoms with Crippen LogP contribution < -0.4 is 11.1 Å². The van der Waals surface area contributed by atoms with Gasteiger partial charge in [0, 0.05) is 11.4 Å². The summed E-state index contributed by atoms with van der Waals surface area (Å²) in [5, 5.41) is 2.94. The summed E-state index contributed by atoms with van der Waals surface area (Å²) in [6.07, 6.45) is 0. The summed E-state index contributed by atoms with van der Waals surface area (Å²) in [6, 6.07) is 5.40. The van der Waals surface area contributed by atoms with Crippen LogP contribution in [-0.2, 0) is 4.79 Å². The van der Waals surface area contributed by atoms with Crippen molar-refractivity contribution in [2.45, 2.75) is 33.7 Å². The molecule has 100 valence electrons. The first-order valence-corrected chi connectivity index (χ1v) is 6.40. The topological polar surface area (TPSA) is 58.4 Å². The number of nitrogen functional groups attached to an aromatic ring is 1. The zero-order valence-electron chi connectivity index (χ0n) is 11.7. The van der Waals surface area contributed by atoms with Gasteiger partial charge in [-0.05, 0) is 44.6 Å². The zero-order chi connectivity index (χ0) is 13.7. The molecular formula is C14H23N3O. The van der Waals surface area contributed by atoms with Gasteiger partial charge >= 0.3 is 0 Å². The second kappa shape index (κ2) is 6.40. The summed E-state index contributed by atoms with van der Waals surface area (Å²) in [7, 11) is 0. The van der Waals surface area contributed by atoms with Crippen LogP contribution in [0.5, 0.6) is 0 Å². The van der Waals surface area contributed by atoms with Gasteiger partial charge in [-0.25, -0.2) is 0 Å². The highest BCUT2D eigenvalue weighted by Gasteiger charge is 2.19. The van der Waals surface area contributed by atoms with Gasteiger partial charge in [-0.15, -0.1) is 0 Å². The van der Waals surface area contributed by atoms with E-state index in [2.05, 4.69) is 24.1 Å². The number of likely N-dealkylation sites (N-methyl/N-ethyl adjacent to an activating group) is 1. The molecule has 1 aromatic carbocycles. The molecule has 1 amide bonds. The minimum Gasteiger partial charge on any atom is -0.399 e. The number of anilines is 2. The number of aryl methyl sites for hydroxylation is 1. The van der Waals surface area contributed by atoms with Crippen molar-refractivity contribution in [3.63, 3.8) is 0 Å². The van der Waals surface area contributed by atoms with Crippen molar-refractivity contribution < 1.29 is 4.79 Å². The first kappa shape index (κ1) is 14.5. The molecule has 0 saturated carbocycles. The van der Waals surface area contributed by atoms with E-state index in [1.807, 2.05) is 26.0 Å². The van der Waals surface area contributed by atoms with E-state index < -0.39 is 0 Å². The molecule has 1 rings (SSSR count). The molecular weight excluding hydrogens is 226 g/mol. The average molecular weight is 249 g/mol. The third-order valence-corrected chi connectivity index (χ3v) is 3.26. The molecule has 0 spiro atoms. The Morgan fingerprint density at radius 1 is 1.39 bits per heavy atom. The van der Waals surface area contributed by atoms with E-state index in [0.29, 0.717) is 5.69 Å². The molecule has 18 heavy (non-hydrogen) atoms.